The Labute approximate surface area is 186 Å². The monoisotopic (exact) mass is 425 g/mol. The summed E-state index contributed by atoms with van der Waals surface area (Å²) >= 11 is 0. The summed E-state index contributed by atoms with van der Waals surface area (Å²) < 4.78 is 23.3. The third kappa shape index (κ3) is 3.46. The minimum atomic E-state index is -0.219. The average Bonchev–Trinajstić information content (AvgIpc) is 3.45. The highest BCUT2D eigenvalue weighted by atomic mass is 19.1. The molecular formula is C27H24FN3O. The van der Waals surface area contributed by atoms with Crippen molar-refractivity contribution in [1.29, 1.82) is 0 Å². The van der Waals surface area contributed by atoms with Crippen molar-refractivity contribution >= 4 is 10.9 Å². The Morgan fingerprint density at radius 2 is 1.81 bits per heavy atom. The highest BCUT2D eigenvalue weighted by molar-refractivity contribution is 5.96. The van der Waals surface area contributed by atoms with E-state index in [1.54, 1.807) is 13.4 Å². The van der Waals surface area contributed by atoms with Gasteiger partial charge in [-0.15, -0.1) is 0 Å². The molecule has 0 saturated carbocycles. The lowest BCUT2D eigenvalue weighted by Crippen LogP contribution is -2.05. The van der Waals surface area contributed by atoms with Crippen LogP contribution < -0.4 is 4.74 Å². The van der Waals surface area contributed by atoms with Gasteiger partial charge in [0.25, 0.3) is 0 Å². The van der Waals surface area contributed by atoms with E-state index in [0.717, 1.165) is 44.7 Å². The van der Waals surface area contributed by atoms with Gasteiger partial charge in [0.2, 0.25) is 0 Å². The fraction of sp³-hybridized carbons (Fsp3) is 0.148. The molecule has 1 atom stereocenters. The van der Waals surface area contributed by atoms with E-state index < -0.39 is 0 Å². The first-order valence-electron chi connectivity index (χ1n) is 10.6. The van der Waals surface area contributed by atoms with E-state index in [2.05, 4.69) is 65.1 Å². The topological polar surface area (TPSA) is 32.0 Å². The second-order valence-electron chi connectivity index (χ2n) is 8.00. The van der Waals surface area contributed by atoms with Gasteiger partial charge in [-0.1, -0.05) is 30.3 Å². The zero-order valence-corrected chi connectivity index (χ0v) is 18.3. The quantitative estimate of drug-likeness (QED) is 0.319. The maximum atomic E-state index is 13.4. The highest BCUT2D eigenvalue weighted by Crippen LogP contribution is 2.35. The van der Waals surface area contributed by atoms with Crippen molar-refractivity contribution in [3.63, 3.8) is 0 Å². The molecule has 0 amide bonds. The van der Waals surface area contributed by atoms with Crippen LogP contribution in [0.5, 0.6) is 5.75 Å². The van der Waals surface area contributed by atoms with Crippen molar-refractivity contribution in [1.82, 2.24) is 14.1 Å². The van der Waals surface area contributed by atoms with Gasteiger partial charge in [0.05, 0.1) is 30.9 Å². The molecule has 0 aliphatic carbocycles. The number of fused-ring (bicyclic) bond motifs is 1. The van der Waals surface area contributed by atoms with E-state index in [9.17, 15) is 4.39 Å². The van der Waals surface area contributed by atoms with Crippen LogP contribution in [0.3, 0.4) is 0 Å². The summed E-state index contributed by atoms with van der Waals surface area (Å²) in [6.45, 7) is 4.10. The molecule has 4 nitrogen and oxygen atoms in total. The van der Waals surface area contributed by atoms with Crippen LogP contribution in [-0.2, 0) is 0 Å². The molecular weight excluding hydrogens is 401 g/mol. The number of imidazole rings is 1. The van der Waals surface area contributed by atoms with Crippen molar-refractivity contribution in [2.45, 2.75) is 19.9 Å². The molecule has 1 unspecified atom stereocenters. The number of aryl methyl sites for hydroxylation is 1. The van der Waals surface area contributed by atoms with Crippen molar-refractivity contribution < 1.29 is 9.13 Å². The molecule has 2 aromatic heterocycles. The summed E-state index contributed by atoms with van der Waals surface area (Å²) in [4.78, 5) is 4.32. The minimum absolute atomic E-state index is 0.0877. The van der Waals surface area contributed by atoms with E-state index in [0.29, 0.717) is 0 Å². The van der Waals surface area contributed by atoms with E-state index in [4.69, 9.17) is 4.74 Å². The zero-order valence-electron chi connectivity index (χ0n) is 18.3. The molecule has 2 heterocycles. The summed E-state index contributed by atoms with van der Waals surface area (Å²) in [6, 6.07) is 21.5. The molecule has 0 spiro atoms. The van der Waals surface area contributed by atoms with Crippen molar-refractivity contribution in [2.75, 3.05) is 7.11 Å². The Morgan fingerprint density at radius 1 is 1.00 bits per heavy atom. The Balaban J connectivity index is 1.57. The first kappa shape index (κ1) is 20.1. The van der Waals surface area contributed by atoms with E-state index in [1.807, 2.05) is 29.8 Å². The van der Waals surface area contributed by atoms with Crippen LogP contribution in [-0.4, -0.2) is 21.2 Å². The molecule has 0 aliphatic heterocycles. The van der Waals surface area contributed by atoms with Gasteiger partial charge in [0.1, 0.15) is 11.6 Å². The average molecular weight is 426 g/mol. The van der Waals surface area contributed by atoms with Gasteiger partial charge in [0.15, 0.2) is 0 Å². The number of benzene rings is 3. The Hall–Kier alpha value is -3.86. The Kier molecular flexibility index (Phi) is 5.02. The van der Waals surface area contributed by atoms with Crippen LogP contribution in [0.15, 0.2) is 85.5 Å². The second-order valence-corrected chi connectivity index (χ2v) is 8.00. The van der Waals surface area contributed by atoms with Crippen molar-refractivity contribution in [2.24, 2.45) is 0 Å². The maximum Gasteiger partial charge on any atom is 0.143 e. The second kappa shape index (κ2) is 8.00. The van der Waals surface area contributed by atoms with Crippen LogP contribution in [0.2, 0.25) is 0 Å². The standard InChI is InChI=1S/C27H24FN3O/c1-18-16-30(17-29-18)26-12-9-21(15-27(26)32-3)23-5-4-6-25-24(23)13-14-31(25)19(2)20-7-10-22(28)11-8-20/h4-17,19H,1-3H3. The van der Waals surface area contributed by atoms with Crippen molar-refractivity contribution in [3.05, 3.63) is 103 Å². The van der Waals surface area contributed by atoms with Gasteiger partial charge in [-0.05, 0) is 66.9 Å². The molecule has 0 N–H and O–H groups in total. The minimum Gasteiger partial charge on any atom is -0.495 e. The predicted molar refractivity (Wildman–Crippen MR) is 126 cm³/mol. The van der Waals surface area contributed by atoms with Crippen LogP contribution in [0, 0.1) is 12.7 Å². The normalized spacial score (nSPS) is 12.2. The molecule has 3 aromatic carbocycles. The number of aromatic nitrogens is 3. The molecule has 5 aromatic rings. The van der Waals surface area contributed by atoms with Crippen LogP contribution in [0.25, 0.3) is 27.7 Å². The van der Waals surface area contributed by atoms with Crippen molar-refractivity contribution in [3.8, 4) is 22.6 Å². The first-order valence-corrected chi connectivity index (χ1v) is 10.6. The summed E-state index contributed by atoms with van der Waals surface area (Å²) in [6.07, 6.45) is 5.88. The number of ether oxygens (including phenoxy) is 1. The third-order valence-electron chi connectivity index (χ3n) is 6.01. The molecule has 0 fully saturated rings. The number of nitrogens with zero attached hydrogens (tertiary/aromatic N) is 3. The summed E-state index contributed by atoms with van der Waals surface area (Å²) in [5.41, 5.74) is 6.33. The fourth-order valence-corrected chi connectivity index (χ4v) is 4.29. The van der Waals surface area contributed by atoms with Crippen LogP contribution >= 0.6 is 0 Å². The lowest BCUT2D eigenvalue weighted by atomic mass is 10.0. The lowest BCUT2D eigenvalue weighted by molar-refractivity contribution is 0.413. The fourth-order valence-electron chi connectivity index (χ4n) is 4.29. The molecule has 160 valence electrons. The number of hydrogen-bond acceptors (Lipinski definition) is 2. The molecule has 0 radical (unpaired) electrons. The molecule has 32 heavy (non-hydrogen) atoms. The number of methoxy groups -OCH3 is 1. The smallest absolute Gasteiger partial charge is 0.143 e. The first-order chi connectivity index (χ1) is 15.5. The van der Waals surface area contributed by atoms with E-state index >= 15 is 0 Å². The number of halogens is 1. The van der Waals surface area contributed by atoms with Gasteiger partial charge in [-0.2, -0.15) is 0 Å². The number of rotatable bonds is 5. The van der Waals surface area contributed by atoms with Gasteiger partial charge in [-0.25, -0.2) is 9.37 Å². The molecule has 5 heteroatoms. The summed E-state index contributed by atoms with van der Waals surface area (Å²) in [7, 11) is 1.69. The molecule has 0 bridgehead atoms. The van der Waals surface area contributed by atoms with Gasteiger partial charge < -0.3 is 13.9 Å². The van der Waals surface area contributed by atoms with Crippen LogP contribution in [0.4, 0.5) is 4.39 Å². The maximum absolute atomic E-state index is 13.4. The van der Waals surface area contributed by atoms with E-state index in [1.165, 1.54) is 12.1 Å². The zero-order chi connectivity index (χ0) is 22.2. The van der Waals surface area contributed by atoms with Crippen LogP contribution in [0.1, 0.15) is 24.2 Å². The van der Waals surface area contributed by atoms with Gasteiger partial charge in [0, 0.05) is 23.3 Å². The Morgan fingerprint density at radius 3 is 2.53 bits per heavy atom. The molecule has 0 aliphatic rings. The third-order valence-corrected chi connectivity index (χ3v) is 6.01. The van der Waals surface area contributed by atoms with Gasteiger partial charge in [-0.3, -0.25) is 0 Å². The van der Waals surface area contributed by atoms with Gasteiger partial charge >= 0.3 is 0 Å². The number of hydrogen-bond donors (Lipinski definition) is 0. The van der Waals surface area contributed by atoms with E-state index in [-0.39, 0.29) is 11.9 Å². The largest absolute Gasteiger partial charge is 0.495 e. The predicted octanol–water partition coefficient (Wildman–Crippen LogP) is 6.56. The SMILES string of the molecule is COc1cc(-c2cccc3c2ccn3C(C)c2ccc(F)cc2)ccc1-n1cnc(C)c1. The highest BCUT2D eigenvalue weighted by Gasteiger charge is 2.15. The lowest BCUT2D eigenvalue weighted by Gasteiger charge is -2.17. The summed E-state index contributed by atoms with van der Waals surface area (Å²) in [5.74, 6) is 0.569. The summed E-state index contributed by atoms with van der Waals surface area (Å²) in [5, 5.41) is 1.16. The molecule has 5 rings (SSSR count). The molecule has 0 saturated heterocycles. The Bertz CT molecular complexity index is 1400.